The summed E-state index contributed by atoms with van der Waals surface area (Å²) in [5, 5.41) is 0.794. The van der Waals surface area contributed by atoms with Gasteiger partial charge in [-0.25, -0.2) is 0 Å². The first-order chi connectivity index (χ1) is 15.4. The second-order valence-corrected chi connectivity index (χ2v) is 9.77. The normalized spacial score (nSPS) is 19.0. The Balaban J connectivity index is 1.68. The summed E-state index contributed by atoms with van der Waals surface area (Å²) in [7, 11) is 0. The highest BCUT2D eigenvalue weighted by Crippen LogP contribution is 2.35. The van der Waals surface area contributed by atoms with Crippen molar-refractivity contribution in [3.63, 3.8) is 0 Å². The average molecular weight is 454 g/mol. The molecule has 0 atom stereocenters. The van der Waals surface area contributed by atoms with Crippen molar-refractivity contribution in [2.75, 3.05) is 19.6 Å². The van der Waals surface area contributed by atoms with Gasteiger partial charge in [0.05, 0.1) is 10.4 Å². The van der Waals surface area contributed by atoms with E-state index in [-0.39, 0.29) is 23.6 Å². The molecule has 32 heavy (non-hydrogen) atoms. The van der Waals surface area contributed by atoms with Gasteiger partial charge in [0.1, 0.15) is 6.54 Å². The van der Waals surface area contributed by atoms with Gasteiger partial charge in [0.15, 0.2) is 0 Å². The van der Waals surface area contributed by atoms with Crippen LogP contribution in [0.15, 0.2) is 29.3 Å². The van der Waals surface area contributed by atoms with E-state index in [1.807, 2.05) is 40.8 Å². The van der Waals surface area contributed by atoms with Crippen LogP contribution in [0.3, 0.4) is 0 Å². The van der Waals surface area contributed by atoms with E-state index >= 15 is 0 Å². The Bertz CT molecular complexity index is 1080. The van der Waals surface area contributed by atoms with Crippen LogP contribution >= 0.6 is 11.8 Å². The maximum atomic E-state index is 13.1. The van der Waals surface area contributed by atoms with Crippen molar-refractivity contribution in [2.24, 2.45) is 5.92 Å². The number of rotatable bonds is 6. The molecule has 2 aliphatic heterocycles. The van der Waals surface area contributed by atoms with E-state index in [2.05, 4.69) is 19.9 Å². The summed E-state index contributed by atoms with van der Waals surface area (Å²) in [6.07, 6.45) is 7.47. The number of benzene rings is 1. The lowest BCUT2D eigenvalue weighted by molar-refractivity contribution is -0.133. The monoisotopic (exact) mass is 453 g/mol. The summed E-state index contributed by atoms with van der Waals surface area (Å²) in [6.45, 7) is 8.65. The van der Waals surface area contributed by atoms with Crippen molar-refractivity contribution >= 4 is 45.8 Å². The molecule has 0 saturated carbocycles. The van der Waals surface area contributed by atoms with E-state index in [4.69, 9.17) is 0 Å². The first-order valence-corrected chi connectivity index (χ1v) is 12.4. The molecule has 0 bridgehead atoms. The van der Waals surface area contributed by atoms with Gasteiger partial charge < -0.3 is 9.47 Å². The van der Waals surface area contributed by atoms with Crippen LogP contribution in [-0.2, 0) is 22.6 Å². The third-order valence-electron chi connectivity index (χ3n) is 6.44. The molecular formula is C25H31N3O3S. The summed E-state index contributed by atoms with van der Waals surface area (Å²) in [6, 6.07) is 6.13. The first-order valence-electron chi connectivity index (χ1n) is 11.6. The minimum Gasteiger partial charge on any atom is -0.341 e. The summed E-state index contributed by atoms with van der Waals surface area (Å²) in [5.74, 6) is 0.579. The number of fused-ring (bicyclic) bond motifs is 1. The van der Waals surface area contributed by atoms with Crippen LogP contribution in [0.2, 0.25) is 0 Å². The number of likely N-dealkylation sites (tertiary alicyclic amines) is 1. The highest BCUT2D eigenvalue weighted by Gasteiger charge is 2.34. The van der Waals surface area contributed by atoms with Crippen molar-refractivity contribution in [3.05, 3.63) is 40.4 Å². The number of piperidine rings is 1. The molecule has 0 N–H and O–H groups in total. The summed E-state index contributed by atoms with van der Waals surface area (Å²) in [5.41, 5.74) is 3.08. The van der Waals surface area contributed by atoms with Gasteiger partial charge in [-0.3, -0.25) is 19.3 Å². The minimum atomic E-state index is -0.229. The van der Waals surface area contributed by atoms with Gasteiger partial charge in [-0.15, -0.1) is 0 Å². The number of imide groups is 1. The lowest BCUT2D eigenvalue weighted by Gasteiger charge is -2.30. The van der Waals surface area contributed by atoms with Crippen LogP contribution in [-0.4, -0.2) is 51.1 Å². The van der Waals surface area contributed by atoms with Gasteiger partial charge in [0, 0.05) is 36.8 Å². The predicted octanol–water partition coefficient (Wildman–Crippen LogP) is 4.91. The number of hydrogen-bond donors (Lipinski definition) is 0. The number of carbonyl (C=O) groups is 3. The molecule has 0 unspecified atom stereocenters. The van der Waals surface area contributed by atoms with E-state index in [0.29, 0.717) is 17.4 Å². The molecule has 2 saturated heterocycles. The quantitative estimate of drug-likeness (QED) is 0.583. The van der Waals surface area contributed by atoms with Gasteiger partial charge in [0.25, 0.3) is 11.1 Å². The SMILES string of the molecule is CCCN1C(=O)S/C(=C\c2cn(CC(=O)N3CCC(C)CC3)c3c(CC)cccc23)C1=O. The van der Waals surface area contributed by atoms with Crippen molar-refractivity contribution < 1.29 is 14.4 Å². The smallest absolute Gasteiger partial charge is 0.293 e. The molecule has 170 valence electrons. The van der Waals surface area contributed by atoms with Crippen LogP contribution < -0.4 is 0 Å². The first kappa shape index (κ1) is 22.6. The molecule has 3 amide bonds. The Kier molecular flexibility index (Phi) is 6.74. The second-order valence-electron chi connectivity index (χ2n) is 8.78. The summed E-state index contributed by atoms with van der Waals surface area (Å²) < 4.78 is 2.02. The van der Waals surface area contributed by atoms with Crippen molar-refractivity contribution in [2.45, 2.75) is 53.0 Å². The molecule has 2 aliphatic rings. The Morgan fingerprint density at radius 2 is 1.94 bits per heavy atom. The van der Waals surface area contributed by atoms with Gasteiger partial charge >= 0.3 is 0 Å². The van der Waals surface area contributed by atoms with Crippen LogP contribution in [0.25, 0.3) is 17.0 Å². The minimum absolute atomic E-state index is 0.134. The third kappa shape index (κ3) is 4.35. The predicted molar refractivity (Wildman–Crippen MR) is 129 cm³/mol. The van der Waals surface area contributed by atoms with Crippen LogP contribution in [0.4, 0.5) is 4.79 Å². The van der Waals surface area contributed by atoms with E-state index in [0.717, 1.165) is 67.0 Å². The third-order valence-corrected chi connectivity index (χ3v) is 7.35. The van der Waals surface area contributed by atoms with Gasteiger partial charge in [-0.2, -0.15) is 0 Å². The number of para-hydroxylation sites is 1. The molecule has 1 aromatic heterocycles. The number of aryl methyl sites for hydroxylation is 1. The number of nitrogens with zero attached hydrogens (tertiary/aromatic N) is 3. The highest BCUT2D eigenvalue weighted by molar-refractivity contribution is 8.18. The van der Waals surface area contributed by atoms with E-state index in [1.54, 1.807) is 0 Å². The van der Waals surface area contributed by atoms with E-state index in [9.17, 15) is 14.4 Å². The molecule has 7 heteroatoms. The molecule has 0 spiro atoms. The molecule has 3 heterocycles. The number of amides is 3. The van der Waals surface area contributed by atoms with Gasteiger partial charge in [-0.05, 0) is 55.0 Å². The van der Waals surface area contributed by atoms with E-state index < -0.39 is 0 Å². The number of thioether (sulfide) groups is 1. The number of aromatic nitrogens is 1. The standard InChI is InChI=1S/C25H31N3O3S/c1-4-11-28-24(30)21(32-25(28)31)14-19-15-27(23-18(5-2)7-6-8-20(19)23)16-22(29)26-12-9-17(3)10-13-26/h6-8,14-15,17H,4-5,9-13,16H2,1-3H3/b21-14-. The Labute approximate surface area is 193 Å². The highest BCUT2D eigenvalue weighted by atomic mass is 32.2. The van der Waals surface area contributed by atoms with E-state index in [1.165, 1.54) is 10.5 Å². The zero-order valence-electron chi connectivity index (χ0n) is 19.1. The van der Waals surface area contributed by atoms with Crippen LogP contribution in [0, 0.1) is 5.92 Å². The Hall–Kier alpha value is -2.54. The molecule has 2 aromatic rings. The Morgan fingerprint density at radius 1 is 1.19 bits per heavy atom. The summed E-state index contributed by atoms with van der Waals surface area (Å²) in [4.78, 5) is 41.8. The lowest BCUT2D eigenvalue weighted by Crippen LogP contribution is -2.39. The van der Waals surface area contributed by atoms with Crippen LogP contribution in [0.5, 0.6) is 0 Å². The fourth-order valence-electron chi connectivity index (χ4n) is 4.55. The molecule has 2 fully saturated rings. The summed E-state index contributed by atoms with van der Waals surface area (Å²) >= 11 is 0.995. The maximum Gasteiger partial charge on any atom is 0.293 e. The molecular weight excluding hydrogens is 422 g/mol. The number of hydrogen-bond acceptors (Lipinski definition) is 4. The lowest BCUT2D eigenvalue weighted by atomic mass is 9.99. The van der Waals surface area contributed by atoms with Crippen molar-refractivity contribution in [1.82, 2.24) is 14.4 Å². The van der Waals surface area contributed by atoms with Crippen LogP contribution in [0.1, 0.15) is 51.2 Å². The fourth-order valence-corrected chi connectivity index (χ4v) is 5.41. The fraction of sp³-hybridized carbons (Fsp3) is 0.480. The largest absolute Gasteiger partial charge is 0.341 e. The zero-order chi connectivity index (χ0) is 22.8. The maximum absolute atomic E-state index is 13.1. The van der Waals surface area contributed by atoms with Gasteiger partial charge in [-0.1, -0.05) is 39.0 Å². The average Bonchev–Trinajstić information content (AvgIpc) is 3.26. The molecule has 0 aliphatic carbocycles. The molecule has 4 rings (SSSR count). The Morgan fingerprint density at radius 3 is 2.62 bits per heavy atom. The van der Waals surface area contributed by atoms with Crippen molar-refractivity contribution in [1.29, 1.82) is 0 Å². The number of carbonyl (C=O) groups excluding carboxylic acids is 3. The topological polar surface area (TPSA) is 62.6 Å². The molecule has 1 aromatic carbocycles. The van der Waals surface area contributed by atoms with Crippen molar-refractivity contribution in [3.8, 4) is 0 Å². The molecule has 6 nitrogen and oxygen atoms in total. The van der Waals surface area contributed by atoms with Gasteiger partial charge in [0.2, 0.25) is 5.91 Å². The zero-order valence-corrected chi connectivity index (χ0v) is 19.9. The molecule has 0 radical (unpaired) electrons. The second kappa shape index (κ2) is 9.53.